The van der Waals surface area contributed by atoms with Gasteiger partial charge < -0.3 is 14.8 Å². The van der Waals surface area contributed by atoms with Crippen molar-refractivity contribution in [2.24, 2.45) is 18.9 Å². The van der Waals surface area contributed by atoms with Gasteiger partial charge in [0.25, 0.3) is 0 Å². The van der Waals surface area contributed by atoms with Gasteiger partial charge in [-0.15, -0.1) is 0 Å². The lowest BCUT2D eigenvalue weighted by Crippen LogP contribution is -2.36. The molecular formula is C12H20N4O. The lowest BCUT2D eigenvalue weighted by molar-refractivity contribution is -0.135. The summed E-state index contributed by atoms with van der Waals surface area (Å²) in [4.78, 5) is 18.3. The molecule has 1 aliphatic rings. The van der Waals surface area contributed by atoms with Crippen LogP contribution >= 0.6 is 0 Å². The minimum absolute atomic E-state index is 0.111. The number of carbonyl (C=O) groups excluding carboxylic acids is 1. The van der Waals surface area contributed by atoms with Gasteiger partial charge in [-0.2, -0.15) is 0 Å². The van der Waals surface area contributed by atoms with Crippen molar-refractivity contribution in [2.75, 3.05) is 20.1 Å². The van der Waals surface area contributed by atoms with Crippen molar-refractivity contribution in [3.8, 4) is 0 Å². The van der Waals surface area contributed by atoms with Crippen LogP contribution in [0.3, 0.4) is 0 Å². The zero-order valence-corrected chi connectivity index (χ0v) is 10.7. The van der Waals surface area contributed by atoms with Crippen LogP contribution in [0.1, 0.15) is 12.7 Å². The van der Waals surface area contributed by atoms with Gasteiger partial charge in [-0.3, -0.25) is 4.79 Å². The number of nitrogens with zero attached hydrogens (tertiary/aromatic N) is 3. The summed E-state index contributed by atoms with van der Waals surface area (Å²) < 4.78 is 1.94. The fraction of sp³-hybridized carbons (Fsp3) is 0.667. The van der Waals surface area contributed by atoms with Crippen molar-refractivity contribution in [2.45, 2.75) is 13.5 Å². The first-order valence-electron chi connectivity index (χ1n) is 6.01. The summed E-state index contributed by atoms with van der Waals surface area (Å²) in [6.45, 7) is 4.43. The molecule has 1 aliphatic heterocycles. The predicted octanol–water partition coefficient (Wildman–Crippen LogP) is 0.234. The molecule has 1 aromatic rings. The van der Waals surface area contributed by atoms with Crippen LogP contribution in [0.25, 0.3) is 0 Å². The standard InChI is InChI=1S/C12H20N4O/c1-9-6-13-7-10(9)12(17)16(3)8-11-14-4-5-15(11)2/h4-5,9-10,13H,6-8H2,1-3H3/t9-,10-/m1/s1. The summed E-state index contributed by atoms with van der Waals surface area (Å²) in [6.07, 6.45) is 3.65. The maximum Gasteiger partial charge on any atom is 0.227 e. The van der Waals surface area contributed by atoms with Crippen LogP contribution in [0.15, 0.2) is 12.4 Å². The first kappa shape index (κ1) is 12.1. The lowest BCUT2D eigenvalue weighted by Gasteiger charge is -2.22. The minimum atomic E-state index is 0.111. The quantitative estimate of drug-likeness (QED) is 0.817. The molecule has 2 rings (SSSR count). The fourth-order valence-corrected chi connectivity index (χ4v) is 2.26. The van der Waals surface area contributed by atoms with Gasteiger partial charge in [-0.1, -0.05) is 6.92 Å². The van der Waals surface area contributed by atoms with E-state index in [1.807, 2.05) is 24.9 Å². The Kier molecular flexibility index (Phi) is 3.47. The Labute approximate surface area is 102 Å². The van der Waals surface area contributed by atoms with E-state index in [0.29, 0.717) is 12.5 Å². The van der Waals surface area contributed by atoms with Crippen LogP contribution in [0.4, 0.5) is 0 Å². The molecule has 1 amide bonds. The monoisotopic (exact) mass is 236 g/mol. The molecule has 0 aliphatic carbocycles. The molecule has 5 nitrogen and oxygen atoms in total. The molecule has 17 heavy (non-hydrogen) atoms. The molecule has 0 radical (unpaired) electrons. The van der Waals surface area contributed by atoms with Crippen molar-refractivity contribution >= 4 is 5.91 Å². The van der Waals surface area contributed by atoms with Gasteiger partial charge in [-0.05, 0) is 12.5 Å². The van der Waals surface area contributed by atoms with E-state index in [1.54, 1.807) is 11.1 Å². The molecule has 1 N–H and O–H groups in total. The second-order valence-corrected chi connectivity index (χ2v) is 4.89. The molecule has 0 saturated carbocycles. The van der Waals surface area contributed by atoms with Gasteiger partial charge >= 0.3 is 0 Å². The second kappa shape index (κ2) is 4.87. The Balaban J connectivity index is 1.98. The highest BCUT2D eigenvalue weighted by atomic mass is 16.2. The van der Waals surface area contributed by atoms with Crippen molar-refractivity contribution in [3.63, 3.8) is 0 Å². The molecular weight excluding hydrogens is 216 g/mol. The van der Waals surface area contributed by atoms with Gasteiger partial charge in [-0.25, -0.2) is 4.98 Å². The van der Waals surface area contributed by atoms with Crippen molar-refractivity contribution < 1.29 is 4.79 Å². The molecule has 2 atom stereocenters. The molecule has 0 spiro atoms. The summed E-state index contributed by atoms with van der Waals surface area (Å²) in [5.74, 6) is 1.66. The van der Waals surface area contributed by atoms with Crippen LogP contribution in [0, 0.1) is 11.8 Å². The van der Waals surface area contributed by atoms with E-state index in [9.17, 15) is 4.79 Å². The number of nitrogens with one attached hydrogen (secondary N) is 1. The highest BCUT2D eigenvalue weighted by Crippen LogP contribution is 2.18. The van der Waals surface area contributed by atoms with Crippen LogP contribution in [0.2, 0.25) is 0 Å². The van der Waals surface area contributed by atoms with Crippen LogP contribution in [0.5, 0.6) is 0 Å². The van der Waals surface area contributed by atoms with E-state index in [4.69, 9.17) is 0 Å². The Bertz CT molecular complexity index is 401. The maximum atomic E-state index is 12.2. The molecule has 94 valence electrons. The number of rotatable bonds is 3. The average molecular weight is 236 g/mol. The first-order chi connectivity index (χ1) is 8.09. The van der Waals surface area contributed by atoms with Crippen molar-refractivity contribution in [3.05, 3.63) is 18.2 Å². The largest absolute Gasteiger partial charge is 0.338 e. The number of imidazole rings is 1. The minimum Gasteiger partial charge on any atom is -0.338 e. The van der Waals surface area contributed by atoms with E-state index in [-0.39, 0.29) is 11.8 Å². The van der Waals surface area contributed by atoms with Crippen LogP contribution < -0.4 is 5.32 Å². The molecule has 0 aromatic carbocycles. The second-order valence-electron chi connectivity index (χ2n) is 4.89. The zero-order chi connectivity index (χ0) is 12.4. The van der Waals surface area contributed by atoms with Gasteiger partial charge in [0, 0.05) is 33.0 Å². The topological polar surface area (TPSA) is 50.2 Å². The zero-order valence-electron chi connectivity index (χ0n) is 10.7. The van der Waals surface area contributed by atoms with Crippen molar-refractivity contribution in [1.29, 1.82) is 0 Å². The molecule has 0 unspecified atom stereocenters. The number of aryl methyl sites for hydroxylation is 1. The van der Waals surface area contributed by atoms with E-state index in [0.717, 1.165) is 18.9 Å². The summed E-state index contributed by atoms with van der Waals surface area (Å²) in [7, 11) is 3.79. The smallest absolute Gasteiger partial charge is 0.227 e. The number of aromatic nitrogens is 2. The maximum absolute atomic E-state index is 12.2. The number of hydrogen-bond donors (Lipinski definition) is 1. The van der Waals surface area contributed by atoms with Gasteiger partial charge in [0.15, 0.2) is 0 Å². The van der Waals surface area contributed by atoms with Crippen LogP contribution in [-0.4, -0.2) is 40.5 Å². The highest BCUT2D eigenvalue weighted by Gasteiger charge is 2.31. The third-order valence-electron chi connectivity index (χ3n) is 3.51. The molecule has 5 heteroatoms. The third kappa shape index (κ3) is 2.49. The summed E-state index contributed by atoms with van der Waals surface area (Å²) >= 11 is 0. The van der Waals surface area contributed by atoms with Gasteiger partial charge in [0.1, 0.15) is 5.82 Å². The SMILES string of the molecule is C[C@@H]1CNC[C@H]1C(=O)N(C)Cc1nccn1C. The van der Waals surface area contributed by atoms with Crippen molar-refractivity contribution in [1.82, 2.24) is 19.8 Å². The van der Waals surface area contributed by atoms with E-state index < -0.39 is 0 Å². The fourth-order valence-electron chi connectivity index (χ4n) is 2.26. The molecule has 2 heterocycles. The first-order valence-corrected chi connectivity index (χ1v) is 6.01. The highest BCUT2D eigenvalue weighted by molar-refractivity contribution is 5.79. The predicted molar refractivity (Wildman–Crippen MR) is 65.2 cm³/mol. The van der Waals surface area contributed by atoms with E-state index in [1.165, 1.54) is 0 Å². The number of carbonyl (C=O) groups is 1. The number of amides is 1. The molecule has 1 fully saturated rings. The van der Waals surface area contributed by atoms with Crippen LogP contribution in [-0.2, 0) is 18.4 Å². The Morgan fingerprint density at radius 1 is 1.65 bits per heavy atom. The van der Waals surface area contributed by atoms with Gasteiger partial charge in [0.05, 0.1) is 12.5 Å². The Morgan fingerprint density at radius 3 is 2.94 bits per heavy atom. The normalized spacial score (nSPS) is 23.9. The summed E-state index contributed by atoms with van der Waals surface area (Å²) in [5, 5.41) is 3.26. The lowest BCUT2D eigenvalue weighted by atomic mass is 9.97. The van der Waals surface area contributed by atoms with E-state index >= 15 is 0 Å². The summed E-state index contributed by atoms with van der Waals surface area (Å²) in [6, 6.07) is 0. The summed E-state index contributed by atoms with van der Waals surface area (Å²) in [5.41, 5.74) is 0. The van der Waals surface area contributed by atoms with Gasteiger partial charge in [0.2, 0.25) is 5.91 Å². The molecule has 0 bridgehead atoms. The average Bonchev–Trinajstić information content (AvgIpc) is 2.88. The molecule has 1 aromatic heterocycles. The third-order valence-corrected chi connectivity index (χ3v) is 3.51. The van der Waals surface area contributed by atoms with E-state index in [2.05, 4.69) is 17.2 Å². The Morgan fingerprint density at radius 2 is 2.41 bits per heavy atom. The Hall–Kier alpha value is -1.36. The number of hydrogen-bond acceptors (Lipinski definition) is 3. The molecule has 1 saturated heterocycles.